The highest BCUT2D eigenvalue weighted by atomic mass is 35.5. The second-order valence-electron chi connectivity index (χ2n) is 6.41. The number of rotatable bonds is 5. The minimum Gasteiger partial charge on any atom is -0.494 e. The highest BCUT2D eigenvalue weighted by Crippen LogP contribution is 2.35. The number of sulfonamides is 1. The summed E-state index contributed by atoms with van der Waals surface area (Å²) < 4.78 is 31.8. The number of nitrogens with two attached hydrogens (primary N) is 1. The molecule has 1 aliphatic rings. The predicted molar refractivity (Wildman–Crippen MR) is 109 cm³/mol. The normalized spacial score (nSPS) is 17.6. The molecule has 7 nitrogen and oxygen atoms in total. The van der Waals surface area contributed by atoms with E-state index in [9.17, 15) is 8.42 Å². The maximum atomic E-state index is 13.0. The third kappa shape index (κ3) is 3.92. The van der Waals surface area contributed by atoms with Crippen molar-refractivity contribution in [2.75, 3.05) is 41.2 Å². The first kappa shape index (κ1) is 19.6. The molecule has 0 amide bonds. The van der Waals surface area contributed by atoms with Crippen LogP contribution in [0.1, 0.15) is 6.92 Å². The zero-order chi connectivity index (χ0) is 19.6. The van der Waals surface area contributed by atoms with Gasteiger partial charge in [-0.3, -0.25) is 0 Å². The molecule has 9 heteroatoms. The van der Waals surface area contributed by atoms with Crippen molar-refractivity contribution in [3.8, 4) is 5.75 Å². The number of nitrogens with one attached hydrogen (secondary N) is 1. The summed E-state index contributed by atoms with van der Waals surface area (Å²) in [7, 11) is -2.54. The van der Waals surface area contributed by atoms with E-state index in [2.05, 4.69) is 17.1 Å². The van der Waals surface area contributed by atoms with Crippen LogP contribution in [0.3, 0.4) is 0 Å². The molecule has 27 heavy (non-hydrogen) atoms. The van der Waals surface area contributed by atoms with Crippen LogP contribution in [-0.4, -0.2) is 41.2 Å². The van der Waals surface area contributed by atoms with E-state index >= 15 is 0 Å². The van der Waals surface area contributed by atoms with E-state index in [-0.39, 0.29) is 10.6 Å². The Morgan fingerprint density at radius 2 is 2.04 bits per heavy atom. The molecule has 0 saturated carbocycles. The van der Waals surface area contributed by atoms with Crippen molar-refractivity contribution < 1.29 is 13.2 Å². The average Bonchev–Trinajstić information content (AvgIpc) is 2.67. The van der Waals surface area contributed by atoms with Gasteiger partial charge in [-0.25, -0.2) is 0 Å². The molecule has 146 valence electrons. The lowest BCUT2D eigenvalue weighted by molar-refractivity contribution is 0.416. The first-order chi connectivity index (χ1) is 12.8. The summed E-state index contributed by atoms with van der Waals surface area (Å²) in [6, 6.07) is 11.7. The number of ether oxygens (including phenoxy) is 1. The summed E-state index contributed by atoms with van der Waals surface area (Å²) in [5.74, 6) is 0.357. The van der Waals surface area contributed by atoms with Crippen LogP contribution >= 0.6 is 11.8 Å². The van der Waals surface area contributed by atoms with Gasteiger partial charge in [-0.05, 0) is 37.3 Å². The summed E-state index contributed by atoms with van der Waals surface area (Å²) in [6.45, 7) is 4.56. The maximum Gasteiger partial charge on any atom is 0.278 e. The number of hydrogen-bond donors (Lipinski definition) is 2. The molecule has 0 radical (unpaired) electrons. The van der Waals surface area contributed by atoms with Crippen molar-refractivity contribution in [2.24, 2.45) is 0 Å². The second kappa shape index (κ2) is 7.84. The van der Waals surface area contributed by atoms with Crippen LogP contribution in [-0.2, 0) is 10.0 Å². The van der Waals surface area contributed by atoms with Gasteiger partial charge in [0.2, 0.25) is 0 Å². The Labute approximate surface area is 164 Å². The summed E-state index contributed by atoms with van der Waals surface area (Å²) in [5, 5.41) is 3.37. The molecule has 2 aromatic rings. The number of piperazine rings is 1. The molecule has 1 heterocycles. The van der Waals surface area contributed by atoms with Crippen molar-refractivity contribution in [3.63, 3.8) is 0 Å². The standard InChI is InChI=1S/C18H23ClN4O3S/c1-13-12-22(10-9-21-13)16-8-7-14(11-15(16)20)27(24,25)23(19)17-5-3-4-6-18(17)26-2/h3-8,11,13,21H,9-10,12,20H2,1-2H3. The van der Waals surface area contributed by atoms with Crippen LogP contribution < -0.4 is 24.5 Å². The summed E-state index contributed by atoms with van der Waals surface area (Å²) >= 11 is 6.18. The first-order valence-electron chi connectivity index (χ1n) is 8.56. The third-order valence-corrected chi connectivity index (χ3v) is 6.69. The van der Waals surface area contributed by atoms with Gasteiger partial charge in [-0.1, -0.05) is 12.1 Å². The number of nitrogen functional groups attached to an aromatic ring is 1. The van der Waals surface area contributed by atoms with E-state index in [4.69, 9.17) is 22.2 Å². The van der Waals surface area contributed by atoms with Gasteiger partial charge < -0.3 is 20.7 Å². The van der Waals surface area contributed by atoms with Gasteiger partial charge in [0, 0.05) is 37.5 Å². The highest BCUT2D eigenvalue weighted by Gasteiger charge is 2.27. The summed E-state index contributed by atoms with van der Waals surface area (Å²) in [4.78, 5) is 2.17. The number of halogens is 1. The molecule has 2 aromatic carbocycles. The Balaban J connectivity index is 1.92. The molecule has 1 unspecified atom stereocenters. The van der Waals surface area contributed by atoms with E-state index in [0.29, 0.717) is 21.3 Å². The van der Waals surface area contributed by atoms with Crippen LogP contribution in [0.2, 0.25) is 0 Å². The predicted octanol–water partition coefficient (Wildman–Crippen LogP) is 2.42. The fourth-order valence-electron chi connectivity index (χ4n) is 3.13. The Morgan fingerprint density at radius 3 is 2.70 bits per heavy atom. The van der Waals surface area contributed by atoms with Crippen LogP contribution in [0, 0.1) is 0 Å². The highest BCUT2D eigenvalue weighted by molar-refractivity contribution is 7.94. The number of benzene rings is 2. The van der Waals surface area contributed by atoms with Crippen molar-refractivity contribution >= 4 is 38.9 Å². The fraction of sp³-hybridized carbons (Fsp3) is 0.333. The van der Waals surface area contributed by atoms with Crippen LogP contribution in [0.4, 0.5) is 17.1 Å². The number of anilines is 3. The molecule has 1 saturated heterocycles. The quantitative estimate of drug-likeness (QED) is 0.581. The third-order valence-electron chi connectivity index (χ3n) is 4.49. The Hall–Kier alpha value is -2.16. The average molecular weight is 411 g/mol. The lowest BCUT2D eigenvalue weighted by atomic mass is 10.2. The van der Waals surface area contributed by atoms with Gasteiger partial charge in [-0.2, -0.15) is 12.2 Å². The van der Waals surface area contributed by atoms with Crippen molar-refractivity contribution in [1.29, 1.82) is 0 Å². The minimum atomic E-state index is -4.00. The Morgan fingerprint density at radius 1 is 1.30 bits per heavy atom. The maximum absolute atomic E-state index is 13.0. The summed E-state index contributed by atoms with van der Waals surface area (Å²) in [5.41, 5.74) is 7.63. The van der Waals surface area contributed by atoms with Crippen molar-refractivity contribution in [1.82, 2.24) is 5.32 Å². The SMILES string of the molecule is COc1ccccc1N(Cl)S(=O)(=O)c1ccc(N2CCNC(C)C2)c(N)c1. The molecule has 1 atom stereocenters. The molecule has 0 aliphatic carbocycles. The van der Waals surface area contributed by atoms with E-state index in [0.717, 1.165) is 25.3 Å². The number of nitrogens with zero attached hydrogens (tertiary/aromatic N) is 2. The molecular weight excluding hydrogens is 388 g/mol. The van der Waals surface area contributed by atoms with Gasteiger partial charge in [0.1, 0.15) is 11.4 Å². The monoisotopic (exact) mass is 410 g/mol. The first-order valence-corrected chi connectivity index (χ1v) is 10.3. The van der Waals surface area contributed by atoms with Crippen molar-refractivity contribution in [2.45, 2.75) is 17.9 Å². The van der Waals surface area contributed by atoms with Gasteiger partial charge in [-0.15, -0.1) is 0 Å². The van der Waals surface area contributed by atoms with Gasteiger partial charge in [0.15, 0.2) is 0 Å². The van der Waals surface area contributed by atoms with E-state index in [1.165, 1.54) is 19.2 Å². The smallest absolute Gasteiger partial charge is 0.278 e. The molecule has 3 N–H and O–H groups in total. The second-order valence-corrected chi connectivity index (χ2v) is 8.74. The molecule has 1 fully saturated rings. The molecule has 1 aliphatic heterocycles. The minimum absolute atomic E-state index is 0.0211. The molecule has 0 spiro atoms. The fourth-order valence-corrected chi connectivity index (χ4v) is 4.62. The number of methoxy groups -OCH3 is 1. The summed E-state index contributed by atoms with van der Waals surface area (Å²) in [6.07, 6.45) is 0. The molecule has 0 bridgehead atoms. The largest absolute Gasteiger partial charge is 0.494 e. The zero-order valence-corrected chi connectivity index (χ0v) is 16.8. The van der Waals surface area contributed by atoms with Crippen LogP contribution in [0.25, 0.3) is 0 Å². The lowest BCUT2D eigenvalue weighted by Crippen LogP contribution is -2.49. The van der Waals surface area contributed by atoms with E-state index in [1.54, 1.807) is 30.3 Å². The number of hydrogen-bond acceptors (Lipinski definition) is 6. The Bertz CT molecular complexity index is 923. The lowest BCUT2D eigenvalue weighted by Gasteiger charge is -2.34. The van der Waals surface area contributed by atoms with Crippen molar-refractivity contribution in [3.05, 3.63) is 42.5 Å². The van der Waals surface area contributed by atoms with Crippen LogP contribution in [0.15, 0.2) is 47.4 Å². The number of para-hydroxylation sites is 2. The molecular formula is C18H23ClN4O3S. The topological polar surface area (TPSA) is 87.9 Å². The van der Waals surface area contributed by atoms with E-state index in [1.807, 2.05) is 0 Å². The zero-order valence-electron chi connectivity index (χ0n) is 15.2. The van der Waals surface area contributed by atoms with Gasteiger partial charge >= 0.3 is 0 Å². The van der Waals surface area contributed by atoms with Gasteiger partial charge in [0.05, 0.1) is 23.4 Å². The molecule has 0 aromatic heterocycles. The Kier molecular flexibility index (Phi) is 5.69. The molecule has 3 rings (SSSR count). The van der Waals surface area contributed by atoms with Crippen LogP contribution in [0.5, 0.6) is 5.75 Å². The van der Waals surface area contributed by atoms with E-state index < -0.39 is 10.0 Å². The van der Waals surface area contributed by atoms with Gasteiger partial charge in [0.25, 0.3) is 10.0 Å².